The van der Waals surface area contributed by atoms with Crippen LogP contribution in [0.25, 0.3) is 0 Å². The Morgan fingerprint density at radius 1 is 1.38 bits per heavy atom. The molecule has 0 aliphatic carbocycles. The van der Waals surface area contributed by atoms with Gasteiger partial charge >= 0.3 is 0 Å². The van der Waals surface area contributed by atoms with Crippen LogP contribution in [0, 0.1) is 6.92 Å². The summed E-state index contributed by atoms with van der Waals surface area (Å²) in [5.41, 5.74) is 1.63. The Morgan fingerprint density at radius 2 is 2.19 bits per heavy atom. The van der Waals surface area contributed by atoms with E-state index < -0.39 is 0 Å². The third kappa shape index (κ3) is 4.88. The van der Waals surface area contributed by atoms with Crippen molar-refractivity contribution >= 4 is 23.4 Å². The minimum atomic E-state index is -0.142. The molecule has 0 aliphatic heterocycles. The second-order valence-electron chi connectivity index (χ2n) is 4.72. The first-order valence-corrected chi connectivity index (χ1v) is 8.03. The van der Waals surface area contributed by atoms with Gasteiger partial charge in [0.1, 0.15) is 0 Å². The molecule has 4 nitrogen and oxygen atoms in total. The van der Waals surface area contributed by atoms with Crippen LogP contribution in [-0.4, -0.2) is 16.5 Å². The van der Waals surface area contributed by atoms with Crippen molar-refractivity contribution in [2.24, 2.45) is 0 Å². The minimum Gasteiger partial charge on any atom is -0.313 e. The highest BCUT2D eigenvalue weighted by atomic mass is 35.5. The molecule has 1 aromatic heterocycles. The normalized spacial score (nSPS) is 10.8. The van der Waals surface area contributed by atoms with Gasteiger partial charge in [-0.3, -0.25) is 4.79 Å². The molecule has 1 aromatic carbocycles. The van der Waals surface area contributed by atoms with Crippen molar-refractivity contribution < 1.29 is 0 Å². The van der Waals surface area contributed by atoms with Crippen molar-refractivity contribution in [3.05, 3.63) is 50.9 Å². The summed E-state index contributed by atoms with van der Waals surface area (Å²) in [6.45, 7) is 5.66. The molecule has 0 atom stereocenters. The van der Waals surface area contributed by atoms with Crippen molar-refractivity contribution in [2.45, 2.75) is 36.9 Å². The van der Waals surface area contributed by atoms with E-state index in [1.807, 2.05) is 18.2 Å². The molecule has 0 unspecified atom stereocenters. The van der Waals surface area contributed by atoms with Crippen LogP contribution in [0.3, 0.4) is 0 Å². The zero-order valence-corrected chi connectivity index (χ0v) is 13.6. The van der Waals surface area contributed by atoms with Gasteiger partial charge in [0, 0.05) is 28.2 Å². The fourth-order valence-electron chi connectivity index (χ4n) is 1.85. The number of benzene rings is 1. The number of nitrogens with one attached hydrogen (secondary N) is 2. The smallest absolute Gasteiger partial charge is 0.251 e. The number of aromatic nitrogens is 2. The predicted octanol–water partition coefficient (Wildman–Crippen LogP) is 3.38. The van der Waals surface area contributed by atoms with Gasteiger partial charge in [-0.25, -0.2) is 4.98 Å². The lowest BCUT2D eigenvalue weighted by Gasteiger charge is -2.08. The van der Waals surface area contributed by atoms with E-state index in [-0.39, 0.29) is 5.56 Å². The largest absolute Gasteiger partial charge is 0.313 e. The van der Waals surface area contributed by atoms with Crippen LogP contribution in [0.4, 0.5) is 0 Å². The number of hydrogen-bond acceptors (Lipinski definition) is 4. The van der Waals surface area contributed by atoms with Gasteiger partial charge in [-0.1, -0.05) is 36.4 Å². The Balaban J connectivity index is 2.10. The fourth-order valence-corrected chi connectivity index (χ4v) is 3.04. The van der Waals surface area contributed by atoms with Crippen LogP contribution >= 0.6 is 23.4 Å². The van der Waals surface area contributed by atoms with Crippen LogP contribution in [-0.2, 0) is 6.54 Å². The van der Waals surface area contributed by atoms with Gasteiger partial charge in [0.05, 0.1) is 0 Å². The number of rotatable bonds is 6. The maximum atomic E-state index is 11.4. The van der Waals surface area contributed by atoms with Gasteiger partial charge in [0.25, 0.3) is 5.56 Å². The maximum absolute atomic E-state index is 11.4. The third-order valence-corrected chi connectivity index (χ3v) is 4.06. The summed E-state index contributed by atoms with van der Waals surface area (Å²) in [4.78, 5) is 19.4. The molecular weight excluding hydrogens is 306 g/mol. The van der Waals surface area contributed by atoms with E-state index >= 15 is 0 Å². The van der Waals surface area contributed by atoms with E-state index in [1.54, 1.807) is 6.92 Å². The Bertz CT molecular complexity index is 672. The van der Waals surface area contributed by atoms with Gasteiger partial charge in [0.2, 0.25) is 0 Å². The molecule has 2 rings (SSSR count). The Morgan fingerprint density at radius 3 is 2.86 bits per heavy atom. The topological polar surface area (TPSA) is 57.8 Å². The van der Waals surface area contributed by atoms with Crippen molar-refractivity contribution in [1.82, 2.24) is 15.3 Å². The molecular formula is C15H18ClN3OS. The van der Waals surface area contributed by atoms with Crippen molar-refractivity contribution in [2.75, 3.05) is 6.54 Å². The molecule has 0 radical (unpaired) electrons. The number of hydrogen-bond donors (Lipinski definition) is 2. The Labute approximate surface area is 133 Å². The summed E-state index contributed by atoms with van der Waals surface area (Å²) in [5, 5.41) is 4.62. The van der Waals surface area contributed by atoms with E-state index in [0.717, 1.165) is 35.0 Å². The van der Waals surface area contributed by atoms with Crippen LogP contribution < -0.4 is 10.9 Å². The summed E-state index contributed by atoms with van der Waals surface area (Å²) in [5.74, 6) is 0. The second kappa shape index (κ2) is 7.64. The number of aromatic amines is 1. The monoisotopic (exact) mass is 323 g/mol. The fraction of sp³-hybridized carbons (Fsp3) is 0.333. The summed E-state index contributed by atoms with van der Waals surface area (Å²) in [7, 11) is 0. The van der Waals surface area contributed by atoms with E-state index in [4.69, 9.17) is 11.6 Å². The SMILES string of the molecule is CCCNCc1ccc(Sc2nc(C)cc(=O)[nH]2)cc1Cl. The molecule has 2 N–H and O–H groups in total. The van der Waals surface area contributed by atoms with Gasteiger partial charge in [-0.2, -0.15) is 0 Å². The number of aryl methyl sites for hydroxylation is 1. The summed E-state index contributed by atoms with van der Waals surface area (Å²) in [6.07, 6.45) is 1.10. The third-order valence-electron chi connectivity index (χ3n) is 2.83. The highest BCUT2D eigenvalue weighted by Gasteiger charge is 2.05. The molecule has 6 heteroatoms. The standard InChI is InChI=1S/C15H18ClN3OS/c1-3-6-17-9-11-4-5-12(8-13(11)16)21-15-18-10(2)7-14(20)19-15/h4-5,7-8,17H,3,6,9H2,1-2H3,(H,18,19,20). The quantitative estimate of drug-likeness (QED) is 0.632. The maximum Gasteiger partial charge on any atom is 0.251 e. The molecule has 0 fully saturated rings. The van der Waals surface area contributed by atoms with Crippen LogP contribution in [0.15, 0.2) is 39.1 Å². The first kappa shape index (κ1) is 16.1. The van der Waals surface area contributed by atoms with Crippen LogP contribution in [0.5, 0.6) is 0 Å². The Kier molecular flexibility index (Phi) is 5.85. The van der Waals surface area contributed by atoms with Gasteiger partial charge < -0.3 is 10.3 Å². The van der Waals surface area contributed by atoms with Gasteiger partial charge in [-0.05, 0) is 37.6 Å². The predicted molar refractivity (Wildman–Crippen MR) is 87.2 cm³/mol. The zero-order valence-electron chi connectivity index (χ0n) is 12.1. The number of halogens is 1. The molecule has 0 saturated heterocycles. The minimum absolute atomic E-state index is 0.142. The van der Waals surface area contributed by atoms with E-state index in [2.05, 4.69) is 22.2 Å². The summed E-state index contributed by atoms with van der Waals surface area (Å²) in [6, 6.07) is 7.36. The second-order valence-corrected chi connectivity index (χ2v) is 6.19. The van der Waals surface area contributed by atoms with Crippen molar-refractivity contribution in [3.8, 4) is 0 Å². The lowest BCUT2D eigenvalue weighted by atomic mass is 10.2. The average Bonchev–Trinajstić information content (AvgIpc) is 2.40. The van der Waals surface area contributed by atoms with E-state index in [0.29, 0.717) is 10.9 Å². The first-order valence-electron chi connectivity index (χ1n) is 6.83. The average molecular weight is 324 g/mol. The van der Waals surface area contributed by atoms with E-state index in [9.17, 15) is 4.79 Å². The lowest BCUT2D eigenvalue weighted by Crippen LogP contribution is -2.14. The molecule has 0 bridgehead atoms. The number of H-pyrrole nitrogens is 1. The highest BCUT2D eigenvalue weighted by molar-refractivity contribution is 7.99. The first-order chi connectivity index (χ1) is 10.1. The van der Waals surface area contributed by atoms with Crippen molar-refractivity contribution in [1.29, 1.82) is 0 Å². The molecule has 0 amide bonds. The van der Waals surface area contributed by atoms with Gasteiger partial charge in [0.15, 0.2) is 5.16 Å². The molecule has 2 aromatic rings. The summed E-state index contributed by atoms with van der Waals surface area (Å²) >= 11 is 7.69. The van der Waals surface area contributed by atoms with E-state index in [1.165, 1.54) is 17.8 Å². The van der Waals surface area contributed by atoms with Crippen molar-refractivity contribution in [3.63, 3.8) is 0 Å². The highest BCUT2D eigenvalue weighted by Crippen LogP contribution is 2.28. The zero-order chi connectivity index (χ0) is 15.2. The molecule has 0 aliphatic rings. The molecule has 0 saturated carbocycles. The molecule has 112 valence electrons. The molecule has 21 heavy (non-hydrogen) atoms. The molecule has 1 heterocycles. The lowest BCUT2D eigenvalue weighted by molar-refractivity contribution is 0.675. The Hall–Kier alpha value is -1.30. The van der Waals surface area contributed by atoms with Crippen LogP contribution in [0.1, 0.15) is 24.6 Å². The number of nitrogens with zero attached hydrogens (tertiary/aromatic N) is 1. The summed E-state index contributed by atoms with van der Waals surface area (Å²) < 4.78 is 0. The van der Waals surface area contributed by atoms with Crippen LogP contribution in [0.2, 0.25) is 5.02 Å². The molecule has 0 spiro atoms. The van der Waals surface area contributed by atoms with Gasteiger partial charge in [-0.15, -0.1) is 0 Å².